The first-order chi connectivity index (χ1) is 5.69. The van der Waals surface area contributed by atoms with Gasteiger partial charge in [0.15, 0.2) is 6.29 Å². The fourth-order valence-electron chi connectivity index (χ4n) is 0.683. The van der Waals surface area contributed by atoms with Crippen LogP contribution in [0, 0.1) is 0 Å². The summed E-state index contributed by atoms with van der Waals surface area (Å²) in [5.74, 6) is 0. The Bertz CT molecular complexity index is 293. The van der Waals surface area contributed by atoms with Gasteiger partial charge in [-0.05, 0) is 12.3 Å². The van der Waals surface area contributed by atoms with E-state index >= 15 is 0 Å². The molecule has 0 aliphatic rings. The summed E-state index contributed by atoms with van der Waals surface area (Å²) in [6.07, 6.45) is 2.46. The van der Waals surface area contributed by atoms with Crippen molar-refractivity contribution in [2.24, 2.45) is 0 Å². The Morgan fingerprint density at radius 2 is 2.25 bits per heavy atom. The van der Waals surface area contributed by atoms with Gasteiger partial charge in [-0.1, -0.05) is 23.2 Å². The minimum Gasteiger partial charge on any atom is -0.298 e. The summed E-state index contributed by atoms with van der Waals surface area (Å²) in [7, 11) is 0. The number of carbonyl (C=O) groups excluding carboxylic acids is 1. The van der Waals surface area contributed by atoms with Gasteiger partial charge in [0.25, 0.3) is 0 Å². The molecule has 0 saturated carbocycles. The number of hydrogen-bond acceptors (Lipinski definition) is 3. The van der Waals surface area contributed by atoms with Gasteiger partial charge in [-0.2, -0.15) is 0 Å². The zero-order chi connectivity index (χ0) is 9.14. The van der Waals surface area contributed by atoms with Gasteiger partial charge in [-0.25, -0.2) is 4.98 Å². The van der Waals surface area contributed by atoms with Crippen LogP contribution in [0.25, 0.3) is 0 Å². The SMILES string of the molecule is CSc1cc(Cl)c(C=O)c(Cl)n1. The summed E-state index contributed by atoms with van der Waals surface area (Å²) in [5, 5.41) is 1.20. The highest BCUT2D eigenvalue weighted by Crippen LogP contribution is 2.25. The van der Waals surface area contributed by atoms with E-state index in [1.807, 2.05) is 6.26 Å². The molecule has 0 fully saturated rings. The molecular formula is C7H5Cl2NOS. The van der Waals surface area contributed by atoms with Gasteiger partial charge >= 0.3 is 0 Å². The van der Waals surface area contributed by atoms with Crippen molar-refractivity contribution >= 4 is 41.2 Å². The first-order valence-electron chi connectivity index (χ1n) is 3.04. The molecule has 0 atom stereocenters. The maximum absolute atomic E-state index is 10.4. The van der Waals surface area contributed by atoms with E-state index in [2.05, 4.69) is 4.98 Å². The van der Waals surface area contributed by atoms with Crippen LogP contribution in [-0.2, 0) is 0 Å². The van der Waals surface area contributed by atoms with Crippen LogP contribution in [0.2, 0.25) is 10.2 Å². The molecule has 64 valence electrons. The minimum absolute atomic E-state index is 0.154. The second-order valence-corrected chi connectivity index (χ2v) is 3.56. The molecule has 0 saturated heterocycles. The fraction of sp³-hybridized carbons (Fsp3) is 0.143. The molecule has 0 aliphatic heterocycles. The number of thioether (sulfide) groups is 1. The van der Waals surface area contributed by atoms with Crippen LogP contribution in [0.1, 0.15) is 10.4 Å². The average Bonchev–Trinajstić information content (AvgIpc) is 2.03. The normalized spacial score (nSPS) is 9.92. The van der Waals surface area contributed by atoms with Crippen molar-refractivity contribution in [1.82, 2.24) is 4.98 Å². The topological polar surface area (TPSA) is 30.0 Å². The van der Waals surface area contributed by atoms with Gasteiger partial charge < -0.3 is 0 Å². The van der Waals surface area contributed by atoms with E-state index in [0.717, 1.165) is 0 Å². The van der Waals surface area contributed by atoms with Gasteiger partial charge in [0.2, 0.25) is 0 Å². The molecule has 1 aromatic heterocycles. The van der Waals surface area contributed by atoms with Crippen LogP contribution in [0.4, 0.5) is 0 Å². The third-order valence-corrected chi connectivity index (χ3v) is 2.49. The number of halogens is 2. The summed E-state index contributed by atoms with van der Waals surface area (Å²) in [5.41, 5.74) is 0.246. The molecule has 0 radical (unpaired) electrons. The predicted molar refractivity (Wildman–Crippen MR) is 51.4 cm³/mol. The minimum atomic E-state index is 0.154. The summed E-state index contributed by atoms with van der Waals surface area (Å²) in [6, 6.07) is 1.61. The van der Waals surface area contributed by atoms with Gasteiger partial charge in [0.1, 0.15) is 5.15 Å². The number of pyridine rings is 1. The van der Waals surface area contributed by atoms with Gasteiger partial charge in [-0.15, -0.1) is 11.8 Å². The molecule has 1 heterocycles. The van der Waals surface area contributed by atoms with Gasteiger partial charge in [0, 0.05) is 0 Å². The molecular weight excluding hydrogens is 217 g/mol. The van der Waals surface area contributed by atoms with Crippen molar-refractivity contribution in [3.63, 3.8) is 0 Å². The Hall–Kier alpha value is -0.250. The molecule has 2 nitrogen and oxygen atoms in total. The van der Waals surface area contributed by atoms with E-state index in [0.29, 0.717) is 16.3 Å². The van der Waals surface area contributed by atoms with Crippen molar-refractivity contribution in [2.75, 3.05) is 6.26 Å². The Morgan fingerprint density at radius 3 is 2.67 bits per heavy atom. The highest BCUT2D eigenvalue weighted by atomic mass is 35.5. The van der Waals surface area contributed by atoms with Crippen LogP contribution in [0.15, 0.2) is 11.1 Å². The maximum atomic E-state index is 10.4. The number of nitrogens with zero attached hydrogens (tertiary/aromatic N) is 1. The van der Waals surface area contributed by atoms with Gasteiger partial charge in [0.05, 0.1) is 15.6 Å². The average molecular weight is 222 g/mol. The molecule has 1 aromatic rings. The molecule has 0 spiro atoms. The van der Waals surface area contributed by atoms with E-state index in [4.69, 9.17) is 23.2 Å². The van der Waals surface area contributed by atoms with Crippen LogP contribution in [0.5, 0.6) is 0 Å². The molecule has 12 heavy (non-hydrogen) atoms. The highest BCUT2D eigenvalue weighted by Gasteiger charge is 2.07. The van der Waals surface area contributed by atoms with Crippen LogP contribution >= 0.6 is 35.0 Å². The van der Waals surface area contributed by atoms with Crippen molar-refractivity contribution in [2.45, 2.75) is 5.03 Å². The Kier molecular flexibility index (Phi) is 3.38. The number of hydrogen-bond donors (Lipinski definition) is 0. The predicted octanol–water partition coefficient (Wildman–Crippen LogP) is 2.92. The van der Waals surface area contributed by atoms with Crippen molar-refractivity contribution < 1.29 is 4.79 Å². The molecule has 1 rings (SSSR count). The number of rotatable bonds is 2. The van der Waals surface area contributed by atoms with E-state index < -0.39 is 0 Å². The number of aldehydes is 1. The zero-order valence-corrected chi connectivity index (χ0v) is 8.50. The van der Waals surface area contributed by atoms with Crippen molar-refractivity contribution in [3.05, 3.63) is 21.8 Å². The fourth-order valence-corrected chi connectivity index (χ4v) is 1.74. The first kappa shape index (κ1) is 9.84. The summed E-state index contributed by atoms with van der Waals surface area (Å²) < 4.78 is 0. The quantitative estimate of drug-likeness (QED) is 0.437. The largest absolute Gasteiger partial charge is 0.298 e. The summed E-state index contributed by atoms with van der Waals surface area (Å²) >= 11 is 12.8. The smallest absolute Gasteiger partial charge is 0.154 e. The van der Waals surface area contributed by atoms with E-state index in [9.17, 15) is 4.79 Å². The molecule has 0 bridgehead atoms. The van der Waals surface area contributed by atoms with E-state index in [1.54, 1.807) is 6.07 Å². The van der Waals surface area contributed by atoms with E-state index in [1.165, 1.54) is 11.8 Å². The highest BCUT2D eigenvalue weighted by molar-refractivity contribution is 7.98. The Labute approximate surface area is 84.3 Å². The second kappa shape index (κ2) is 4.12. The number of aromatic nitrogens is 1. The second-order valence-electron chi connectivity index (χ2n) is 1.97. The van der Waals surface area contributed by atoms with E-state index in [-0.39, 0.29) is 10.7 Å². The Balaban J connectivity index is 3.27. The third-order valence-electron chi connectivity index (χ3n) is 1.27. The lowest BCUT2D eigenvalue weighted by Crippen LogP contribution is -1.89. The molecule has 0 aromatic carbocycles. The lowest BCUT2D eigenvalue weighted by atomic mass is 10.3. The Morgan fingerprint density at radius 1 is 1.58 bits per heavy atom. The maximum Gasteiger partial charge on any atom is 0.154 e. The molecule has 0 amide bonds. The standard InChI is InChI=1S/C7H5Cl2NOS/c1-12-6-2-5(8)4(3-11)7(9)10-6/h2-3H,1H3. The van der Waals surface area contributed by atoms with Gasteiger partial charge in [-0.3, -0.25) is 4.79 Å². The lowest BCUT2D eigenvalue weighted by Gasteiger charge is -2.01. The van der Waals surface area contributed by atoms with Crippen LogP contribution in [-0.4, -0.2) is 17.5 Å². The number of carbonyl (C=O) groups is 1. The monoisotopic (exact) mass is 221 g/mol. The third kappa shape index (κ3) is 1.91. The van der Waals surface area contributed by atoms with Crippen LogP contribution in [0.3, 0.4) is 0 Å². The zero-order valence-electron chi connectivity index (χ0n) is 6.17. The molecule has 0 unspecified atom stereocenters. The molecule has 0 aliphatic carbocycles. The first-order valence-corrected chi connectivity index (χ1v) is 5.02. The van der Waals surface area contributed by atoms with Crippen LogP contribution < -0.4 is 0 Å². The summed E-state index contributed by atoms with van der Waals surface area (Å²) in [4.78, 5) is 14.4. The molecule has 0 N–H and O–H groups in total. The van der Waals surface area contributed by atoms with Crippen molar-refractivity contribution in [1.29, 1.82) is 0 Å². The van der Waals surface area contributed by atoms with Crippen molar-refractivity contribution in [3.8, 4) is 0 Å². The molecule has 5 heteroatoms. The summed E-state index contributed by atoms with van der Waals surface area (Å²) in [6.45, 7) is 0. The lowest BCUT2D eigenvalue weighted by molar-refractivity contribution is 0.112.